The number of rotatable bonds is 10. The average molecular weight is 680 g/mol. The van der Waals surface area contributed by atoms with Crippen molar-refractivity contribution in [3.05, 3.63) is 70.8 Å². The van der Waals surface area contributed by atoms with Crippen molar-refractivity contribution in [3.8, 4) is 16.9 Å². The highest BCUT2D eigenvalue weighted by Crippen LogP contribution is 2.36. The van der Waals surface area contributed by atoms with Gasteiger partial charge in [0, 0.05) is 63.3 Å². The SMILES string of the molecule is Cn1c(=O)c2ccc(-c3cnc(N4CCN5C(=O)N(CCO[Si](C)(C)C(C)(C)C)C[C@H]5C4)nc3)cc2n1Cc1ccccc1OC(F)F. The number of aromatic nitrogens is 4. The molecule has 1 atom stereocenters. The zero-order valence-electron chi connectivity index (χ0n) is 28.3. The Balaban J connectivity index is 1.15. The Morgan fingerprint density at radius 1 is 1.00 bits per heavy atom. The van der Waals surface area contributed by atoms with E-state index in [9.17, 15) is 18.4 Å². The largest absolute Gasteiger partial charge is 0.434 e. The van der Waals surface area contributed by atoms with Gasteiger partial charge in [-0.25, -0.2) is 14.8 Å². The van der Waals surface area contributed by atoms with E-state index in [1.807, 2.05) is 21.9 Å². The van der Waals surface area contributed by atoms with Gasteiger partial charge in [-0.1, -0.05) is 45.0 Å². The third kappa shape index (κ3) is 6.55. The number of carbonyl (C=O) groups excluding carboxylic acids is 1. The van der Waals surface area contributed by atoms with Crippen LogP contribution in [-0.4, -0.2) is 95.5 Å². The van der Waals surface area contributed by atoms with Crippen LogP contribution in [0, 0.1) is 0 Å². The molecule has 0 bridgehead atoms. The monoisotopic (exact) mass is 679 g/mol. The Morgan fingerprint density at radius 3 is 2.44 bits per heavy atom. The van der Waals surface area contributed by atoms with E-state index < -0.39 is 14.9 Å². The molecule has 4 heterocycles. The summed E-state index contributed by atoms with van der Waals surface area (Å²) < 4.78 is 40.3. The van der Waals surface area contributed by atoms with E-state index in [0.717, 1.165) is 11.1 Å². The zero-order chi connectivity index (χ0) is 34.4. The van der Waals surface area contributed by atoms with Crippen LogP contribution in [0.1, 0.15) is 26.3 Å². The summed E-state index contributed by atoms with van der Waals surface area (Å²) in [6, 6.07) is 12.2. The van der Waals surface area contributed by atoms with Gasteiger partial charge in [0.25, 0.3) is 5.56 Å². The van der Waals surface area contributed by atoms with Crippen molar-refractivity contribution in [1.29, 1.82) is 0 Å². The number of anilines is 1. The number of fused-ring (bicyclic) bond motifs is 2. The average Bonchev–Trinajstić information content (AvgIpc) is 3.48. The van der Waals surface area contributed by atoms with Crippen molar-refractivity contribution in [2.24, 2.45) is 7.05 Å². The Hall–Kier alpha value is -4.30. The maximum absolute atomic E-state index is 13.1. The number of amides is 2. The standard InChI is InChI=1S/C34H43F2N7O4Si/c1-34(2,3)48(5,6)46-16-15-41-22-26-21-40(13-14-42(26)33(41)45)32-37-18-25(19-38-32)23-11-12-27-28(17-23)43(39(4)30(27)44)20-24-9-7-8-10-29(24)47-31(35)36/h7-12,17-19,26,31H,13-16,20-22H2,1-6H3/t26-/m1/s1. The summed E-state index contributed by atoms with van der Waals surface area (Å²) in [6.45, 7) is 11.9. The lowest BCUT2D eigenvalue weighted by Crippen LogP contribution is -2.52. The highest BCUT2D eigenvalue weighted by molar-refractivity contribution is 6.74. The molecule has 0 unspecified atom stereocenters. The van der Waals surface area contributed by atoms with E-state index >= 15 is 0 Å². The van der Waals surface area contributed by atoms with E-state index in [2.05, 4.69) is 48.7 Å². The van der Waals surface area contributed by atoms with E-state index in [4.69, 9.17) is 9.16 Å². The van der Waals surface area contributed by atoms with Gasteiger partial charge in [0.2, 0.25) is 5.95 Å². The van der Waals surface area contributed by atoms with Gasteiger partial charge in [0.05, 0.1) is 30.1 Å². The number of hydrogen-bond donors (Lipinski definition) is 0. The number of piperazine rings is 1. The molecule has 4 aromatic rings. The van der Waals surface area contributed by atoms with Gasteiger partial charge in [-0.05, 0) is 41.9 Å². The molecule has 2 fully saturated rings. The molecule has 14 heteroatoms. The summed E-state index contributed by atoms with van der Waals surface area (Å²) in [5, 5.41) is 0.630. The number of alkyl halides is 2. The summed E-state index contributed by atoms with van der Waals surface area (Å²) in [5.74, 6) is 0.659. The van der Waals surface area contributed by atoms with E-state index in [1.54, 1.807) is 48.4 Å². The van der Waals surface area contributed by atoms with Gasteiger partial charge in [0.15, 0.2) is 8.32 Å². The van der Waals surface area contributed by atoms with Crippen molar-refractivity contribution in [3.63, 3.8) is 0 Å². The highest BCUT2D eigenvalue weighted by Gasteiger charge is 2.42. The van der Waals surface area contributed by atoms with Crippen molar-refractivity contribution in [1.82, 2.24) is 29.1 Å². The molecule has 2 saturated heterocycles. The fourth-order valence-electron chi connectivity index (χ4n) is 6.16. The fraction of sp³-hybridized carbons (Fsp3) is 0.471. The molecule has 2 aromatic heterocycles. The predicted molar refractivity (Wildman–Crippen MR) is 183 cm³/mol. The number of nitrogens with zero attached hydrogens (tertiary/aromatic N) is 7. The van der Waals surface area contributed by atoms with Gasteiger partial charge in [-0.15, -0.1) is 0 Å². The molecule has 0 spiro atoms. The van der Waals surface area contributed by atoms with Crippen LogP contribution < -0.4 is 15.2 Å². The summed E-state index contributed by atoms with van der Waals surface area (Å²) in [6.07, 6.45) is 3.52. The quantitative estimate of drug-likeness (QED) is 0.207. The molecule has 6 rings (SSSR count). The lowest BCUT2D eigenvalue weighted by molar-refractivity contribution is -0.0505. The van der Waals surface area contributed by atoms with Gasteiger partial charge < -0.3 is 23.9 Å². The minimum Gasteiger partial charge on any atom is -0.434 e. The smallest absolute Gasteiger partial charge is 0.387 e. The van der Waals surface area contributed by atoms with Gasteiger partial charge in [-0.2, -0.15) is 8.78 Å². The zero-order valence-corrected chi connectivity index (χ0v) is 29.3. The van der Waals surface area contributed by atoms with Gasteiger partial charge in [0.1, 0.15) is 5.75 Å². The first kappa shape index (κ1) is 33.6. The molecule has 0 aliphatic carbocycles. The summed E-state index contributed by atoms with van der Waals surface area (Å²) >= 11 is 0. The van der Waals surface area contributed by atoms with Crippen LogP contribution in [0.3, 0.4) is 0 Å². The second kappa shape index (κ2) is 13.0. The van der Waals surface area contributed by atoms with Crippen LogP contribution in [0.25, 0.3) is 22.0 Å². The number of benzene rings is 2. The first-order chi connectivity index (χ1) is 22.7. The molecule has 0 radical (unpaired) electrons. The predicted octanol–water partition coefficient (Wildman–Crippen LogP) is 5.39. The number of ether oxygens (including phenoxy) is 1. The van der Waals surface area contributed by atoms with E-state index in [1.165, 1.54) is 10.7 Å². The van der Waals surface area contributed by atoms with E-state index in [-0.39, 0.29) is 35.0 Å². The van der Waals surface area contributed by atoms with Crippen molar-refractivity contribution < 1.29 is 22.7 Å². The van der Waals surface area contributed by atoms with Crippen molar-refractivity contribution in [2.75, 3.05) is 44.2 Å². The summed E-state index contributed by atoms with van der Waals surface area (Å²) in [7, 11) is -0.234. The molecule has 11 nitrogen and oxygen atoms in total. The lowest BCUT2D eigenvalue weighted by atomic mass is 10.1. The molecule has 256 valence electrons. The molecule has 0 saturated carbocycles. The fourth-order valence-corrected chi connectivity index (χ4v) is 7.19. The Bertz CT molecular complexity index is 1850. The normalized spacial score (nSPS) is 17.1. The molecular formula is C34H43F2N7O4Si. The van der Waals surface area contributed by atoms with Crippen LogP contribution in [-0.2, 0) is 18.0 Å². The molecule has 48 heavy (non-hydrogen) atoms. The maximum Gasteiger partial charge on any atom is 0.387 e. The Morgan fingerprint density at radius 2 is 1.73 bits per heavy atom. The first-order valence-electron chi connectivity index (χ1n) is 16.2. The minimum absolute atomic E-state index is 0.0517. The first-order valence-corrected chi connectivity index (χ1v) is 19.1. The number of hydrogen-bond acceptors (Lipinski definition) is 7. The topological polar surface area (TPSA) is 98.0 Å². The Labute approximate surface area is 279 Å². The molecule has 0 N–H and O–H groups in total. The van der Waals surface area contributed by atoms with Crippen LogP contribution in [0.4, 0.5) is 19.5 Å². The van der Waals surface area contributed by atoms with Crippen LogP contribution in [0.5, 0.6) is 5.75 Å². The van der Waals surface area contributed by atoms with E-state index in [0.29, 0.717) is 61.7 Å². The van der Waals surface area contributed by atoms with Crippen LogP contribution >= 0.6 is 0 Å². The van der Waals surface area contributed by atoms with Crippen LogP contribution in [0.15, 0.2) is 59.7 Å². The molecule has 2 aliphatic heterocycles. The Kier molecular flexibility index (Phi) is 9.07. The number of para-hydroxylation sites is 1. The van der Waals surface area contributed by atoms with Crippen LogP contribution in [0.2, 0.25) is 18.1 Å². The maximum atomic E-state index is 13.1. The second-order valence-electron chi connectivity index (χ2n) is 14.0. The second-order valence-corrected chi connectivity index (χ2v) is 18.8. The van der Waals surface area contributed by atoms with Crippen molar-refractivity contribution >= 4 is 31.2 Å². The number of carbonyl (C=O) groups is 1. The van der Waals surface area contributed by atoms with Gasteiger partial charge >= 0.3 is 12.6 Å². The lowest BCUT2D eigenvalue weighted by Gasteiger charge is -2.36. The van der Waals surface area contributed by atoms with Crippen molar-refractivity contribution in [2.45, 2.75) is 58.1 Å². The number of halogens is 2. The highest BCUT2D eigenvalue weighted by atomic mass is 28.4. The molecule has 2 aliphatic rings. The summed E-state index contributed by atoms with van der Waals surface area (Å²) in [4.78, 5) is 41.5. The molecule has 2 amide bonds. The minimum atomic E-state index is -2.96. The third-order valence-corrected chi connectivity index (χ3v) is 14.5. The summed E-state index contributed by atoms with van der Waals surface area (Å²) in [5.41, 5.74) is 2.56. The number of urea groups is 1. The molecule has 2 aromatic carbocycles. The third-order valence-electron chi connectivity index (χ3n) is 9.99. The van der Waals surface area contributed by atoms with Gasteiger partial charge in [-0.3, -0.25) is 14.2 Å². The molecular weight excluding hydrogens is 637 g/mol.